The monoisotopic (exact) mass is 736 g/mol. The molecule has 1 saturated heterocycles. The van der Waals surface area contributed by atoms with Gasteiger partial charge in [-0.25, -0.2) is 9.97 Å². The number of hydrogen-bond donors (Lipinski definition) is 0. The molecule has 1 aliphatic heterocycles. The van der Waals surface area contributed by atoms with Crippen molar-refractivity contribution in [3.05, 3.63) is 136 Å². The third-order valence-electron chi connectivity index (χ3n) is 9.44. The van der Waals surface area contributed by atoms with E-state index in [0.717, 1.165) is 22.0 Å². The van der Waals surface area contributed by atoms with E-state index in [1.165, 1.54) is 61.6 Å². The van der Waals surface area contributed by atoms with E-state index in [1.807, 2.05) is 72.9 Å². The van der Waals surface area contributed by atoms with E-state index in [-0.39, 0.29) is 18.3 Å². The Balaban J connectivity index is 0.000000148. The summed E-state index contributed by atoms with van der Waals surface area (Å²) in [5.41, 5.74) is 5.91. The van der Waals surface area contributed by atoms with Crippen LogP contribution in [0.3, 0.4) is 0 Å². The lowest BCUT2D eigenvalue weighted by Gasteiger charge is -2.32. The first kappa shape index (κ1) is 37.5. The van der Waals surface area contributed by atoms with Crippen LogP contribution >= 0.6 is 15.9 Å². The SMILES string of the molecule is Brc1ccc(OCc2ccccc2)nc1.C1=C(c2ccc(OCc3ccccc3)nc2)CCCC1.CC1(C)OB(C2=CCCCC2)OC1(C)C. The maximum absolute atomic E-state index is 6.01. The number of halogens is 1. The minimum Gasteiger partial charge on any atom is -0.473 e. The van der Waals surface area contributed by atoms with Crippen LogP contribution in [0, 0.1) is 0 Å². The Bertz CT molecular complexity index is 1640. The minimum absolute atomic E-state index is 0.102. The Hall–Kier alpha value is -3.72. The molecule has 1 fully saturated rings. The third kappa shape index (κ3) is 11.4. The van der Waals surface area contributed by atoms with Gasteiger partial charge in [0.2, 0.25) is 11.8 Å². The number of allylic oxidation sites excluding steroid dienone is 4. The van der Waals surface area contributed by atoms with E-state index in [9.17, 15) is 0 Å². The van der Waals surface area contributed by atoms with Crippen molar-refractivity contribution < 1.29 is 18.8 Å². The van der Waals surface area contributed by atoms with Crippen LogP contribution in [0.4, 0.5) is 0 Å². The van der Waals surface area contributed by atoms with Crippen molar-refractivity contribution in [1.82, 2.24) is 9.97 Å². The topological polar surface area (TPSA) is 62.7 Å². The quantitative estimate of drug-likeness (QED) is 0.168. The van der Waals surface area contributed by atoms with Crippen LogP contribution < -0.4 is 9.47 Å². The highest BCUT2D eigenvalue weighted by Gasteiger charge is 2.52. The number of pyridine rings is 2. The lowest BCUT2D eigenvalue weighted by Crippen LogP contribution is -2.41. The molecule has 0 spiro atoms. The van der Waals surface area contributed by atoms with Crippen molar-refractivity contribution in [3.63, 3.8) is 0 Å². The third-order valence-corrected chi connectivity index (χ3v) is 9.91. The van der Waals surface area contributed by atoms with Crippen LogP contribution in [-0.4, -0.2) is 28.3 Å². The number of hydrogen-bond acceptors (Lipinski definition) is 6. The van der Waals surface area contributed by atoms with Gasteiger partial charge in [-0.05, 0) is 135 Å². The van der Waals surface area contributed by atoms with E-state index in [1.54, 1.807) is 6.20 Å². The van der Waals surface area contributed by atoms with Gasteiger partial charge in [0, 0.05) is 29.0 Å². The number of rotatable bonds is 8. The first-order valence-electron chi connectivity index (χ1n) is 17.8. The summed E-state index contributed by atoms with van der Waals surface area (Å²) in [5, 5.41) is 0. The molecule has 2 aromatic carbocycles. The van der Waals surface area contributed by atoms with Gasteiger partial charge in [0.25, 0.3) is 0 Å². The lowest BCUT2D eigenvalue weighted by molar-refractivity contribution is 0.00578. The van der Waals surface area contributed by atoms with E-state index in [0.29, 0.717) is 25.0 Å². The zero-order chi connectivity index (χ0) is 35.2. The van der Waals surface area contributed by atoms with E-state index in [4.69, 9.17) is 18.8 Å². The second kappa shape index (κ2) is 18.5. The largest absolute Gasteiger partial charge is 0.490 e. The number of ether oxygens (including phenoxy) is 2. The number of nitrogens with zero attached hydrogens (tertiary/aromatic N) is 2. The molecule has 0 amide bonds. The van der Waals surface area contributed by atoms with E-state index < -0.39 is 0 Å². The molecule has 3 aliphatic rings. The maximum atomic E-state index is 6.01. The normalized spacial score (nSPS) is 17.6. The van der Waals surface area contributed by atoms with Gasteiger partial charge in [0.15, 0.2) is 0 Å². The molecule has 0 bridgehead atoms. The van der Waals surface area contributed by atoms with E-state index in [2.05, 4.69) is 83.9 Å². The molecule has 8 heteroatoms. The summed E-state index contributed by atoms with van der Waals surface area (Å²) in [6.45, 7) is 9.55. The van der Waals surface area contributed by atoms with Crippen molar-refractivity contribution in [3.8, 4) is 11.8 Å². The van der Waals surface area contributed by atoms with Crippen LogP contribution in [0.1, 0.15) is 95.8 Å². The average molecular weight is 738 g/mol. The Kier molecular flexibility index (Phi) is 13.9. The first-order valence-corrected chi connectivity index (χ1v) is 18.6. The molecule has 2 aliphatic carbocycles. The Morgan fingerprint density at radius 3 is 1.64 bits per heavy atom. The van der Waals surface area contributed by atoms with Gasteiger partial charge >= 0.3 is 7.12 Å². The molecule has 7 rings (SSSR count). The van der Waals surface area contributed by atoms with Gasteiger partial charge < -0.3 is 18.8 Å². The van der Waals surface area contributed by atoms with Crippen LogP contribution in [0.15, 0.2) is 119 Å². The Morgan fingerprint density at radius 2 is 1.18 bits per heavy atom. The fourth-order valence-corrected chi connectivity index (χ4v) is 5.97. The molecule has 0 N–H and O–H groups in total. The maximum Gasteiger partial charge on any atom is 0.490 e. The fourth-order valence-electron chi connectivity index (χ4n) is 5.74. The highest BCUT2D eigenvalue weighted by molar-refractivity contribution is 9.10. The smallest absolute Gasteiger partial charge is 0.473 e. The van der Waals surface area contributed by atoms with E-state index >= 15 is 0 Å². The Labute approximate surface area is 307 Å². The van der Waals surface area contributed by atoms with Gasteiger partial charge in [-0.1, -0.05) is 72.8 Å². The highest BCUT2D eigenvalue weighted by atomic mass is 79.9. The average Bonchev–Trinajstić information content (AvgIpc) is 3.38. The van der Waals surface area contributed by atoms with Crippen LogP contribution in [-0.2, 0) is 22.5 Å². The van der Waals surface area contributed by atoms with Gasteiger partial charge in [0.05, 0.1) is 11.2 Å². The van der Waals surface area contributed by atoms with Crippen LogP contribution in [0.5, 0.6) is 11.8 Å². The molecular weight excluding hydrogens is 687 g/mol. The molecule has 262 valence electrons. The standard InChI is InChI=1S/C18H19NO.C12H21BO2.C12H10BrNO/c1-3-7-15(8-4-1)14-20-18-12-11-17(13-19-18)16-9-5-2-6-10-16;1-11(2)12(3,4)15-13(14-11)10-8-6-5-7-9-10;13-11-6-7-12(14-8-11)15-9-10-4-2-1-3-5-10/h1,3-4,7-9,11-13H,2,5-6,10,14H2;8H,5-7,9H2,1-4H3;1-8H,9H2. The van der Waals surface area contributed by atoms with Gasteiger partial charge in [-0.2, -0.15) is 0 Å². The molecule has 50 heavy (non-hydrogen) atoms. The second-order valence-corrected chi connectivity index (χ2v) is 14.8. The molecule has 0 atom stereocenters. The van der Waals surface area contributed by atoms with Crippen molar-refractivity contribution in [2.45, 2.75) is 103 Å². The summed E-state index contributed by atoms with van der Waals surface area (Å²) in [5.74, 6) is 1.33. The summed E-state index contributed by atoms with van der Waals surface area (Å²) in [4.78, 5) is 8.53. The molecule has 3 heterocycles. The molecular formula is C42H50BBrN2O4. The van der Waals surface area contributed by atoms with Gasteiger partial charge in [0.1, 0.15) is 13.2 Å². The molecule has 0 saturated carbocycles. The molecule has 4 aromatic rings. The summed E-state index contributed by atoms with van der Waals surface area (Å²) < 4.78 is 24.2. The van der Waals surface area contributed by atoms with Crippen molar-refractivity contribution in [1.29, 1.82) is 0 Å². The lowest BCUT2D eigenvalue weighted by atomic mass is 9.73. The molecule has 0 radical (unpaired) electrons. The minimum atomic E-state index is -0.198. The predicted molar refractivity (Wildman–Crippen MR) is 207 cm³/mol. The zero-order valence-corrected chi connectivity index (χ0v) is 31.5. The predicted octanol–water partition coefficient (Wildman–Crippen LogP) is 11.2. The van der Waals surface area contributed by atoms with Crippen molar-refractivity contribution >= 4 is 28.6 Å². The van der Waals surface area contributed by atoms with Crippen LogP contribution in [0.25, 0.3) is 5.57 Å². The second-order valence-electron chi connectivity index (χ2n) is 13.8. The van der Waals surface area contributed by atoms with Gasteiger partial charge in [-0.15, -0.1) is 0 Å². The summed E-state index contributed by atoms with van der Waals surface area (Å²) in [7, 11) is -0.102. The summed E-state index contributed by atoms with van der Waals surface area (Å²) in [6.07, 6.45) is 18.2. The molecule has 6 nitrogen and oxygen atoms in total. The molecule has 2 aromatic heterocycles. The first-order chi connectivity index (χ1) is 24.2. The Morgan fingerprint density at radius 1 is 0.640 bits per heavy atom. The fraction of sp³-hybridized carbons (Fsp3) is 0.381. The zero-order valence-electron chi connectivity index (χ0n) is 29.9. The van der Waals surface area contributed by atoms with Crippen molar-refractivity contribution in [2.24, 2.45) is 0 Å². The van der Waals surface area contributed by atoms with Gasteiger partial charge in [-0.3, -0.25) is 0 Å². The highest BCUT2D eigenvalue weighted by Crippen LogP contribution is 2.40. The summed E-state index contributed by atoms with van der Waals surface area (Å²) >= 11 is 3.32. The molecule has 0 unspecified atom stereocenters. The number of benzene rings is 2. The van der Waals surface area contributed by atoms with Crippen LogP contribution in [0.2, 0.25) is 0 Å². The van der Waals surface area contributed by atoms with Crippen molar-refractivity contribution in [2.75, 3.05) is 0 Å². The number of aromatic nitrogens is 2. The summed E-state index contributed by atoms with van der Waals surface area (Å²) in [6, 6.07) is 28.0.